The molecule has 0 heterocycles. The van der Waals surface area contributed by atoms with E-state index in [0.29, 0.717) is 18.8 Å². The van der Waals surface area contributed by atoms with Crippen LogP contribution >= 0.6 is 0 Å². The van der Waals surface area contributed by atoms with Crippen LogP contribution in [0.4, 0.5) is 5.69 Å². The molecule has 0 fully saturated rings. The number of amides is 2. The topological polar surface area (TPSA) is 101 Å². The minimum absolute atomic E-state index is 0.0762. The lowest BCUT2D eigenvalue weighted by atomic mass is 10.2. The molecule has 0 aliphatic heterocycles. The highest BCUT2D eigenvalue weighted by Crippen LogP contribution is 2.10. The van der Waals surface area contributed by atoms with Gasteiger partial charge in [-0.1, -0.05) is 19.1 Å². The summed E-state index contributed by atoms with van der Waals surface area (Å²) in [5.41, 5.74) is 12.3. The molecule has 0 saturated carbocycles. The van der Waals surface area contributed by atoms with Crippen LogP contribution in [0.3, 0.4) is 0 Å². The summed E-state index contributed by atoms with van der Waals surface area (Å²) in [5.74, 6) is -0.628. The van der Waals surface area contributed by atoms with E-state index in [9.17, 15) is 9.59 Å². The van der Waals surface area contributed by atoms with Crippen molar-refractivity contribution in [2.24, 2.45) is 11.5 Å². The highest BCUT2D eigenvalue weighted by molar-refractivity contribution is 5.92. The molecule has 0 aromatic heterocycles. The molecule has 0 saturated heterocycles. The second-order valence-corrected chi connectivity index (χ2v) is 4.22. The van der Waals surface area contributed by atoms with E-state index in [4.69, 9.17) is 11.5 Å². The fraction of sp³-hybridized carbons (Fsp3) is 0.385. The third-order valence-corrected chi connectivity index (χ3v) is 2.64. The number of hydrogen-bond donors (Lipinski definition) is 3. The first kappa shape index (κ1) is 15.1. The summed E-state index contributed by atoms with van der Waals surface area (Å²) in [7, 11) is 0. The predicted octanol–water partition coefficient (Wildman–Crippen LogP) is -0.109. The van der Waals surface area contributed by atoms with Crippen LogP contribution in [0.1, 0.15) is 12.5 Å². The van der Waals surface area contributed by atoms with Crippen molar-refractivity contribution >= 4 is 17.5 Å². The second kappa shape index (κ2) is 7.50. The van der Waals surface area contributed by atoms with E-state index in [0.717, 1.165) is 5.56 Å². The Balaban J connectivity index is 2.56. The van der Waals surface area contributed by atoms with Crippen molar-refractivity contribution in [2.75, 3.05) is 25.0 Å². The number of carbonyl (C=O) groups excluding carboxylic acids is 2. The number of primary amides is 1. The first-order valence-corrected chi connectivity index (χ1v) is 6.14. The monoisotopic (exact) mass is 264 g/mol. The molecule has 2 amide bonds. The van der Waals surface area contributed by atoms with Gasteiger partial charge in [0.25, 0.3) is 0 Å². The molecular weight excluding hydrogens is 244 g/mol. The van der Waals surface area contributed by atoms with Gasteiger partial charge in [-0.2, -0.15) is 0 Å². The van der Waals surface area contributed by atoms with Crippen molar-refractivity contribution in [3.63, 3.8) is 0 Å². The van der Waals surface area contributed by atoms with Crippen molar-refractivity contribution < 1.29 is 9.59 Å². The molecule has 0 atom stereocenters. The van der Waals surface area contributed by atoms with Crippen LogP contribution < -0.4 is 16.8 Å². The van der Waals surface area contributed by atoms with Gasteiger partial charge in [0.2, 0.25) is 11.8 Å². The van der Waals surface area contributed by atoms with Crippen molar-refractivity contribution in [2.45, 2.75) is 13.5 Å². The lowest BCUT2D eigenvalue weighted by Crippen LogP contribution is -2.39. The van der Waals surface area contributed by atoms with E-state index in [1.807, 2.05) is 25.1 Å². The Bertz CT molecular complexity index is 448. The largest absolute Gasteiger partial charge is 0.369 e. The Labute approximate surface area is 112 Å². The second-order valence-electron chi connectivity index (χ2n) is 4.22. The average molecular weight is 264 g/mol. The molecule has 19 heavy (non-hydrogen) atoms. The average Bonchev–Trinajstić information content (AvgIpc) is 2.37. The highest BCUT2D eigenvalue weighted by Gasteiger charge is 2.11. The van der Waals surface area contributed by atoms with Crippen molar-refractivity contribution in [3.05, 3.63) is 29.8 Å². The molecule has 0 bridgehead atoms. The zero-order valence-electron chi connectivity index (χ0n) is 11.1. The van der Waals surface area contributed by atoms with Crippen LogP contribution in [0.25, 0.3) is 0 Å². The van der Waals surface area contributed by atoms with Gasteiger partial charge >= 0.3 is 0 Å². The van der Waals surface area contributed by atoms with Gasteiger partial charge in [0.1, 0.15) is 0 Å². The number of nitrogens with two attached hydrogens (primary N) is 2. The molecule has 0 unspecified atom stereocenters. The number of hydrogen-bond acceptors (Lipinski definition) is 4. The third kappa shape index (κ3) is 5.50. The van der Waals surface area contributed by atoms with E-state index >= 15 is 0 Å². The van der Waals surface area contributed by atoms with E-state index in [-0.39, 0.29) is 19.0 Å². The van der Waals surface area contributed by atoms with Gasteiger partial charge in [-0.25, -0.2) is 0 Å². The smallest absolute Gasteiger partial charge is 0.238 e. The minimum Gasteiger partial charge on any atom is -0.369 e. The van der Waals surface area contributed by atoms with Crippen LogP contribution in [0.2, 0.25) is 0 Å². The highest BCUT2D eigenvalue weighted by atomic mass is 16.2. The minimum atomic E-state index is -0.445. The summed E-state index contributed by atoms with van der Waals surface area (Å²) in [4.78, 5) is 24.3. The van der Waals surface area contributed by atoms with Gasteiger partial charge in [0.05, 0.1) is 13.1 Å². The number of nitrogens with zero attached hydrogens (tertiary/aromatic N) is 1. The maximum atomic E-state index is 11.8. The molecule has 0 radical (unpaired) electrons. The Kier molecular flexibility index (Phi) is 5.98. The number of nitrogens with one attached hydrogen (secondary N) is 1. The molecule has 5 N–H and O–H groups in total. The van der Waals surface area contributed by atoms with Crippen LogP contribution in [-0.4, -0.2) is 36.3 Å². The summed E-state index contributed by atoms with van der Waals surface area (Å²) >= 11 is 0. The molecule has 6 heteroatoms. The SMILES string of the molecule is CCN(CC(N)=O)CC(=O)Nc1cccc(CN)c1. The van der Waals surface area contributed by atoms with Gasteiger partial charge in [-0.3, -0.25) is 14.5 Å². The van der Waals surface area contributed by atoms with Crippen LogP contribution in [0, 0.1) is 0 Å². The molecular formula is C13H20N4O2. The van der Waals surface area contributed by atoms with E-state index in [1.54, 1.807) is 11.0 Å². The van der Waals surface area contributed by atoms with Gasteiger partial charge in [-0.15, -0.1) is 0 Å². The predicted molar refractivity (Wildman–Crippen MR) is 74.3 cm³/mol. The lowest BCUT2D eigenvalue weighted by Gasteiger charge is -2.17. The van der Waals surface area contributed by atoms with Crippen LogP contribution in [0.15, 0.2) is 24.3 Å². The first-order chi connectivity index (χ1) is 9.05. The molecule has 6 nitrogen and oxygen atoms in total. The third-order valence-electron chi connectivity index (χ3n) is 2.64. The summed E-state index contributed by atoms with van der Waals surface area (Å²) < 4.78 is 0. The zero-order valence-corrected chi connectivity index (χ0v) is 11.1. The summed E-state index contributed by atoms with van der Waals surface area (Å²) in [6, 6.07) is 7.34. The van der Waals surface area contributed by atoms with Crippen molar-refractivity contribution in [1.82, 2.24) is 4.90 Å². The zero-order chi connectivity index (χ0) is 14.3. The standard InChI is InChI=1S/C13H20N4O2/c1-2-17(8-12(15)18)9-13(19)16-11-5-3-4-10(6-11)7-14/h3-6H,2,7-9,14H2,1H3,(H2,15,18)(H,16,19). The number of anilines is 1. The van der Waals surface area contributed by atoms with E-state index < -0.39 is 5.91 Å². The number of benzene rings is 1. The number of rotatable bonds is 7. The molecule has 1 aromatic rings. The molecule has 0 aliphatic rings. The number of likely N-dealkylation sites (N-methyl/N-ethyl adjacent to an activating group) is 1. The number of carbonyl (C=O) groups is 2. The maximum absolute atomic E-state index is 11.8. The summed E-state index contributed by atoms with van der Waals surface area (Å²) in [5, 5.41) is 2.77. The Morgan fingerprint density at radius 3 is 2.63 bits per heavy atom. The Morgan fingerprint density at radius 2 is 2.05 bits per heavy atom. The van der Waals surface area contributed by atoms with Crippen LogP contribution in [-0.2, 0) is 16.1 Å². The lowest BCUT2D eigenvalue weighted by molar-refractivity contribution is -0.121. The molecule has 104 valence electrons. The fourth-order valence-corrected chi connectivity index (χ4v) is 1.68. The molecule has 0 spiro atoms. The fourth-order valence-electron chi connectivity index (χ4n) is 1.68. The van der Waals surface area contributed by atoms with Crippen LogP contribution in [0.5, 0.6) is 0 Å². The van der Waals surface area contributed by atoms with Crippen molar-refractivity contribution in [1.29, 1.82) is 0 Å². The van der Waals surface area contributed by atoms with E-state index in [2.05, 4.69) is 5.32 Å². The maximum Gasteiger partial charge on any atom is 0.238 e. The van der Waals surface area contributed by atoms with Gasteiger partial charge in [-0.05, 0) is 24.2 Å². The van der Waals surface area contributed by atoms with E-state index in [1.165, 1.54) is 0 Å². The quantitative estimate of drug-likeness (QED) is 0.639. The molecule has 1 rings (SSSR count). The van der Waals surface area contributed by atoms with Gasteiger partial charge in [0, 0.05) is 12.2 Å². The summed E-state index contributed by atoms with van der Waals surface area (Å²) in [6.45, 7) is 3.08. The Morgan fingerprint density at radius 1 is 1.32 bits per heavy atom. The first-order valence-electron chi connectivity index (χ1n) is 6.14. The Hall–Kier alpha value is -1.92. The molecule has 1 aromatic carbocycles. The molecule has 0 aliphatic carbocycles. The summed E-state index contributed by atoms with van der Waals surface area (Å²) in [6.07, 6.45) is 0. The van der Waals surface area contributed by atoms with Gasteiger partial charge < -0.3 is 16.8 Å². The normalized spacial score (nSPS) is 10.5. The van der Waals surface area contributed by atoms with Crippen molar-refractivity contribution in [3.8, 4) is 0 Å². The van der Waals surface area contributed by atoms with Gasteiger partial charge in [0.15, 0.2) is 0 Å².